The zero-order valence-corrected chi connectivity index (χ0v) is 12.8. The molecule has 0 spiro atoms. The molecule has 2 fully saturated rings. The monoisotopic (exact) mass is 286 g/mol. The fraction of sp³-hybridized carbons (Fsp3) is 0.667. The van der Waals surface area contributed by atoms with E-state index in [4.69, 9.17) is 0 Å². The Morgan fingerprint density at radius 3 is 2.76 bits per heavy atom. The Morgan fingerprint density at radius 2 is 1.81 bits per heavy atom. The van der Waals surface area contributed by atoms with Crippen molar-refractivity contribution in [1.29, 1.82) is 0 Å². The molecular weight excluding hydrogens is 260 g/mol. The van der Waals surface area contributed by atoms with Crippen LogP contribution in [0.4, 0.5) is 0 Å². The van der Waals surface area contributed by atoms with Crippen LogP contribution in [0.15, 0.2) is 18.2 Å². The van der Waals surface area contributed by atoms with E-state index in [1.807, 2.05) is 12.1 Å². The number of fused-ring (bicyclic) bond motifs is 2. The lowest BCUT2D eigenvalue weighted by molar-refractivity contribution is 0.158. The van der Waals surface area contributed by atoms with Gasteiger partial charge in [0.15, 0.2) is 0 Å². The first-order valence-corrected chi connectivity index (χ1v) is 8.62. The van der Waals surface area contributed by atoms with E-state index in [-0.39, 0.29) is 0 Å². The molecule has 2 aliphatic heterocycles. The van der Waals surface area contributed by atoms with Crippen LogP contribution in [0, 0.1) is 0 Å². The molecule has 4 rings (SSSR count). The highest BCUT2D eigenvalue weighted by atomic mass is 16.3. The molecule has 1 N–H and O–H groups in total. The molecule has 2 saturated heterocycles. The number of hydrogen-bond donors (Lipinski definition) is 1. The summed E-state index contributed by atoms with van der Waals surface area (Å²) in [5.41, 5.74) is 2.61. The molecule has 3 heteroatoms. The molecular formula is C18H26N2O. The van der Waals surface area contributed by atoms with E-state index in [1.165, 1.54) is 69.4 Å². The minimum atomic E-state index is 0.509. The summed E-state index contributed by atoms with van der Waals surface area (Å²) in [6, 6.07) is 7.42. The van der Waals surface area contributed by atoms with Crippen LogP contribution in [0.2, 0.25) is 0 Å². The van der Waals surface area contributed by atoms with E-state index in [1.54, 1.807) is 0 Å². The first-order valence-electron chi connectivity index (χ1n) is 8.62. The highest BCUT2D eigenvalue weighted by molar-refractivity contribution is 5.42. The molecule has 2 heterocycles. The lowest BCUT2D eigenvalue weighted by Gasteiger charge is -2.36. The van der Waals surface area contributed by atoms with Gasteiger partial charge in [-0.3, -0.25) is 9.80 Å². The van der Waals surface area contributed by atoms with E-state index in [0.29, 0.717) is 11.8 Å². The Kier molecular flexibility index (Phi) is 3.64. The van der Waals surface area contributed by atoms with Crippen LogP contribution in [0.5, 0.6) is 5.75 Å². The van der Waals surface area contributed by atoms with Crippen LogP contribution < -0.4 is 0 Å². The molecule has 0 radical (unpaired) electrons. The van der Waals surface area contributed by atoms with Gasteiger partial charge in [-0.25, -0.2) is 0 Å². The summed E-state index contributed by atoms with van der Waals surface area (Å²) >= 11 is 0. The molecule has 0 saturated carbocycles. The summed E-state index contributed by atoms with van der Waals surface area (Å²) < 4.78 is 0. The standard InChI is InChI=1S/C18H26N2O/c21-18-9-2-6-15-16(18)7-1-8-17(15)20-12-4-11-19-10-3-5-14(19)13-20/h2,6,9,14,17,21H,1,3-5,7-8,10-13H2. The van der Waals surface area contributed by atoms with Gasteiger partial charge in [-0.1, -0.05) is 12.1 Å². The SMILES string of the molecule is Oc1cccc2c1CCCC2N1CCCN2CCCC2C1. The zero-order valence-electron chi connectivity index (χ0n) is 12.8. The highest BCUT2D eigenvalue weighted by Crippen LogP contribution is 2.39. The molecule has 1 aromatic carbocycles. The van der Waals surface area contributed by atoms with Crippen molar-refractivity contribution in [3.8, 4) is 5.75 Å². The summed E-state index contributed by atoms with van der Waals surface area (Å²) in [5.74, 6) is 0.509. The highest BCUT2D eigenvalue weighted by Gasteiger charge is 2.33. The molecule has 0 aromatic heterocycles. The minimum Gasteiger partial charge on any atom is -0.508 e. The number of rotatable bonds is 1. The molecule has 21 heavy (non-hydrogen) atoms. The molecule has 3 aliphatic rings. The molecule has 0 amide bonds. The summed E-state index contributed by atoms with van der Waals surface area (Å²) in [6.45, 7) is 5.02. The van der Waals surface area contributed by atoms with Gasteiger partial charge in [-0.05, 0) is 68.8 Å². The van der Waals surface area contributed by atoms with E-state index in [9.17, 15) is 5.11 Å². The summed E-state index contributed by atoms with van der Waals surface area (Å²) in [7, 11) is 0. The van der Waals surface area contributed by atoms with Crippen LogP contribution in [-0.2, 0) is 6.42 Å². The van der Waals surface area contributed by atoms with Crippen molar-refractivity contribution in [3.63, 3.8) is 0 Å². The lowest BCUT2D eigenvalue weighted by atomic mass is 9.86. The third-order valence-corrected chi connectivity index (χ3v) is 5.73. The van der Waals surface area contributed by atoms with E-state index in [0.717, 1.165) is 12.5 Å². The number of phenols is 1. The number of aromatic hydroxyl groups is 1. The number of hydrogen-bond acceptors (Lipinski definition) is 3. The lowest BCUT2D eigenvalue weighted by Crippen LogP contribution is -2.39. The fourth-order valence-corrected chi connectivity index (χ4v) is 4.70. The largest absolute Gasteiger partial charge is 0.508 e. The first kappa shape index (κ1) is 13.6. The van der Waals surface area contributed by atoms with Crippen LogP contribution in [0.1, 0.15) is 49.3 Å². The quantitative estimate of drug-likeness (QED) is 0.860. The minimum absolute atomic E-state index is 0.509. The molecule has 1 aromatic rings. The van der Waals surface area contributed by atoms with E-state index < -0.39 is 0 Å². The maximum absolute atomic E-state index is 10.2. The first-order chi connectivity index (χ1) is 10.3. The Bertz CT molecular complexity index is 516. The molecule has 2 unspecified atom stereocenters. The molecule has 1 aliphatic carbocycles. The third-order valence-electron chi connectivity index (χ3n) is 5.73. The van der Waals surface area contributed by atoms with Gasteiger partial charge in [0.2, 0.25) is 0 Å². The maximum atomic E-state index is 10.2. The van der Waals surface area contributed by atoms with Gasteiger partial charge in [0, 0.05) is 25.2 Å². The van der Waals surface area contributed by atoms with Crippen molar-refractivity contribution in [2.75, 3.05) is 26.2 Å². The van der Waals surface area contributed by atoms with E-state index in [2.05, 4.69) is 15.9 Å². The van der Waals surface area contributed by atoms with Crippen LogP contribution >= 0.6 is 0 Å². The maximum Gasteiger partial charge on any atom is 0.119 e. The van der Waals surface area contributed by atoms with Crippen LogP contribution in [0.25, 0.3) is 0 Å². The third kappa shape index (κ3) is 2.47. The van der Waals surface area contributed by atoms with Gasteiger partial charge in [-0.2, -0.15) is 0 Å². The number of nitrogens with zero attached hydrogens (tertiary/aromatic N) is 2. The normalized spacial score (nSPS) is 30.7. The summed E-state index contributed by atoms with van der Waals surface area (Å²) in [4.78, 5) is 5.42. The van der Waals surface area contributed by atoms with Gasteiger partial charge >= 0.3 is 0 Å². The van der Waals surface area contributed by atoms with E-state index >= 15 is 0 Å². The summed E-state index contributed by atoms with van der Waals surface area (Å²) in [6.07, 6.45) is 7.54. The number of phenolic OH excluding ortho intramolecular Hbond substituents is 1. The predicted octanol–water partition coefficient (Wildman–Crippen LogP) is 2.94. The zero-order chi connectivity index (χ0) is 14.2. The fourth-order valence-electron chi connectivity index (χ4n) is 4.70. The van der Waals surface area contributed by atoms with Gasteiger partial charge < -0.3 is 5.11 Å². The summed E-state index contributed by atoms with van der Waals surface area (Å²) in [5, 5.41) is 10.2. The number of benzene rings is 1. The second-order valence-electron chi connectivity index (χ2n) is 6.93. The Labute approximate surface area is 127 Å². The molecule has 3 nitrogen and oxygen atoms in total. The van der Waals surface area contributed by atoms with Gasteiger partial charge in [0.25, 0.3) is 0 Å². The second-order valence-corrected chi connectivity index (χ2v) is 6.93. The van der Waals surface area contributed by atoms with Gasteiger partial charge in [-0.15, -0.1) is 0 Å². The van der Waals surface area contributed by atoms with Gasteiger partial charge in [0.05, 0.1) is 0 Å². The molecule has 114 valence electrons. The van der Waals surface area contributed by atoms with Crippen molar-refractivity contribution in [2.45, 2.75) is 50.6 Å². The Hall–Kier alpha value is -1.06. The molecule has 2 atom stereocenters. The van der Waals surface area contributed by atoms with Crippen molar-refractivity contribution in [2.24, 2.45) is 0 Å². The smallest absolute Gasteiger partial charge is 0.119 e. The van der Waals surface area contributed by atoms with Gasteiger partial charge in [0.1, 0.15) is 5.75 Å². The predicted molar refractivity (Wildman–Crippen MR) is 84.6 cm³/mol. The Morgan fingerprint density at radius 1 is 0.952 bits per heavy atom. The Balaban J connectivity index is 1.60. The van der Waals surface area contributed by atoms with Crippen molar-refractivity contribution < 1.29 is 5.11 Å². The van der Waals surface area contributed by atoms with Crippen LogP contribution in [0.3, 0.4) is 0 Å². The van der Waals surface area contributed by atoms with Crippen LogP contribution in [-0.4, -0.2) is 47.1 Å². The van der Waals surface area contributed by atoms with Crippen molar-refractivity contribution in [1.82, 2.24) is 9.80 Å². The van der Waals surface area contributed by atoms with Crippen molar-refractivity contribution >= 4 is 0 Å². The average Bonchev–Trinajstić information content (AvgIpc) is 2.84. The topological polar surface area (TPSA) is 26.7 Å². The molecule has 0 bridgehead atoms. The average molecular weight is 286 g/mol. The van der Waals surface area contributed by atoms with Crippen molar-refractivity contribution in [3.05, 3.63) is 29.3 Å². The second kappa shape index (κ2) is 5.62.